The van der Waals surface area contributed by atoms with Gasteiger partial charge in [0.05, 0.1) is 11.4 Å². The molecule has 3 nitrogen and oxygen atoms in total. The molecule has 2 aromatic carbocycles. The number of benzene rings is 2. The van der Waals surface area contributed by atoms with Crippen molar-refractivity contribution < 1.29 is 4.79 Å². The number of carbonyl (C=O) groups excluding carboxylic acids is 1. The van der Waals surface area contributed by atoms with Crippen LogP contribution in [0, 0.1) is 0 Å². The Bertz CT molecular complexity index is 870. The van der Waals surface area contributed by atoms with E-state index in [1.54, 1.807) is 0 Å². The van der Waals surface area contributed by atoms with Crippen LogP contribution >= 0.6 is 11.8 Å². The summed E-state index contributed by atoms with van der Waals surface area (Å²) in [5.41, 5.74) is 3.70. The molecule has 38 heavy (non-hydrogen) atoms. The molecule has 0 saturated carbocycles. The molecule has 1 heterocycles. The summed E-state index contributed by atoms with van der Waals surface area (Å²) < 4.78 is 0. The molecular weight excluding hydrogens is 484 g/mol. The summed E-state index contributed by atoms with van der Waals surface area (Å²) in [5.74, 6) is 0.984. The fourth-order valence-corrected chi connectivity index (χ4v) is 6.55. The average molecular weight is 537 g/mol. The van der Waals surface area contributed by atoms with Gasteiger partial charge in [-0.3, -0.25) is 10.1 Å². The lowest BCUT2D eigenvalue weighted by Gasteiger charge is -2.14. The molecule has 3 rings (SSSR count). The minimum atomic E-state index is -0.0974. The van der Waals surface area contributed by atoms with Crippen LogP contribution in [0.5, 0.6) is 0 Å². The van der Waals surface area contributed by atoms with Gasteiger partial charge in [-0.1, -0.05) is 158 Å². The second-order valence-corrected chi connectivity index (χ2v) is 12.2. The van der Waals surface area contributed by atoms with Crippen molar-refractivity contribution in [1.29, 1.82) is 0 Å². The molecule has 2 atom stereocenters. The molecule has 2 N–H and O–H groups in total. The van der Waals surface area contributed by atoms with Crippen molar-refractivity contribution in [2.24, 2.45) is 0 Å². The van der Waals surface area contributed by atoms with Crippen LogP contribution < -0.4 is 10.6 Å². The van der Waals surface area contributed by atoms with Gasteiger partial charge in [0.1, 0.15) is 0 Å². The molecule has 0 radical (unpaired) electrons. The van der Waals surface area contributed by atoms with Gasteiger partial charge >= 0.3 is 0 Å². The molecule has 1 unspecified atom stereocenters. The predicted molar refractivity (Wildman–Crippen MR) is 167 cm³/mol. The molecule has 0 aromatic heterocycles. The second kappa shape index (κ2) is 19.3. The Morgan fingerprint density at radius 2 is 1.21 bits per heavy atom. The molecule has 0 aliphatic carbocycles. The Hall–Kier alpha value is -1.78. The fraction of sp³-hybridized carbons (Fsp3) is 0.618. The predicted octanol–water partition coefficient (Wildman–Crippen LogP) is 9.43. The molecule has 1 saturated heterocycles. The molecule has 2 aromatic rings. The Kier molecular flexibility index (Phi) is 15.6. The Morgan fingerprint density at radius 1 is 0.711 bits per heavy atom. The van der Waals surface area contributed by atoms with E-state index in [2.05, 4.69) is 66.1 Å². The first-order valence-corrected chi connectivity index (χ1v) is 16.6. The van der Waals surface area contributed by atoms with Gasteiger partial charge in [0.15, 0.2) is 0 Å². The van der Waals surface area contributed by atoms with Crippen molar-refractivity contribution in [2.45, 2.75) is 121 Å². The number of rotatable bonds is 20. The highest BCUT2D eigenvalue weighted by Gasteiger charge is 2.30. The van der Waals surface area contributed by atoms with Crippen LogP contribution in [0.25, 0.3) is 11.1 Å². The quantitative estimate of drug-likeness (QED) is 0.166. The van der Waals surface area contributed by atoms with Crippen LogP contribution in [0.4, 0.5) is 0 Å². The van der Waals surface area contributed by atoms with Crippen LogP contribution in [0.3, 0.4) is 0 Å². The number of nitrogens with one attached hydrogen (secondary N) is 2. The number of carbonyl (C=O) groups is 1. The molecule has 1 amide bonds. The van der Waals surface area contributed by atoms with Gasteiger partial charge in [-0.15, -0.1) is 11.8 Å². The number of thioether (sulfide) groups is 1. The van der Waals surface area contributed by atoms with E-state index < -0.39 is 0 Å². The highest BCUT2D eigenvalue weighted by atomic mass is 32.2. The van der Waals surface area contributed by atoms with E-state index in [0.29, 0.717) is 0 Å². The summed E-state index contributed by atoms with van der Waals surface area (Å²) in [6.07, 6.45) is 22.0. The summed E-state index contributed by atoms with van der Waals surface area (Å²) in [6, 6.07) is 19.1. The lowest BCUT2D eigenvalue weighted by Crippen LogP contribution is -2.42. The van der Waals surface area contributed by atoms with E-state index in [0.717, 1.165) is 18.7 Å². The Labute approximate surface area is 237 Å². The lowest BCUT2D eigenvalue weighted by atomic mass is 10.0. The van der Waals surface area contributed by atoms with Crippen molar-refractivity contribution in [3.63, 3.8) is 0 Å². The van der Waals surface area contributed by atoms with E-state index in [-0.39, 0.29) is 17.3 Å². The van der Waals surface area contributed by atoms with E-state index in [4.69, 9.17) is 0 Å². The Balaban J connectivity index is 1.14. The highest BCUT2D eigenvalue weighted by molar-refractivity contribution is 7.99. The van der Waals surface area contributed by atoms with Crippen LogP contribution in [-0.2, 0) is 4.79 Å². The number of amides is 1. The number of hydrogen-bond acceptors (Lipinski definition) is 3. The monoisotopic (exact) mass is 536 g/mol. The summed E-state index contributed by atoms with van der Waals surface area (Å²) in [7, 11) is 0. The minimum Gasteiger partial charge on any atom is -0.355 e. The van der Waals surface area contributed by atoms with Gasteiger partial charge in [0, 0.05) is 12.3 Å². The molecule has 1 fully saturated rings. The van der Waals surface area contributed by atoms with E-state index in [9.17, 15) is 4.79 Å². The smallest absolute Gasteiger partial charge is 0.238 e. The highest BCUT2D eigenvalue weighted by Crippen LogP contribution is 2.33. The largest absolute Gasteiger partial charge is 0.355 e. The third-order valence-electron chi connectivity index (χ3n) is 7.75. The number of hydrogen-bond donors (Lipinski definition) is 2. The van der Waals surface area contributed by atoms with Gasteiger partial charge in [-0.2, -0.15) is 0 Å². The minimum absolute atomic E-state index is 0.0974. The van der Waals surface area contributed by atoms with E-state index in [1.165, 1.54) is 113 Å². The topological polar surface area (TPSA) is 41.1 Å². The first-order valence-electron chi connectivity index (χ1n) is 15.6. The normalized spacial score (nSPS) is 17.1. The van der Waals surface area contributed by atoms with Crippen LogP contribution in [0.2, 0.25) is 0 Å². The van der Waals surface area contributed by atoms with Crippen molar-refractivity contribution in [3.8, 4) is 11.1 Å². The SMILES string of the molecule is CCCCCCCCCCCCCCCCCCNC(=O)[C@H]1CSC(c2ccc(-c3ccccc3)cc2)N1. The second-order valence-electron chi connectivity index (χ2n) is 11.0. The summed E-state index contributed by atoms with van der Waals surface area (Å²) >= 11 is 1.83. The van der Waals surface area contributed by atoms with Gasteiger partial charge in [0.25, 0.3) is 0 Å². The van der Waals surface area contributed by atoms with Crippen molar-refractivity contribution in [1.82, 2.24) is 10.6 Å². The first-order chi connectivity index (χ1) is 18.8. The first kappa shape index (κ1) is 30.8. The van der Waals surface area contributed by atoms with Crippen molar-refractivity contribution >= 4 is 17.7 Å². The number of unbranched alkanes of at least 4 members (excludes halogenated alkanes) is 15. The van der Waals surface area contributed by atoms with Gasteiger partial charge in [0.2, 0.25) is 5.91 Å². The zero-order valence-electron chi connectivity index (χ0n) is 23.9. The zero-order valence-corrected chi connectivity index (χ0v) is 24.7. The average Bonchev–Trinajstić information content (AvgIpc) is 3.46. The molecular formula is C34H52N2OS. The van der Waals surface area contributed by atoms with Crippen molar-refractivity contribution in [3.05, 3.63) is 60.2 Å². The summed E-state index contributed by atoms with van der Waals surface area (Å²) in [5, 5.41) is 6.87. The Morgan fingerprint density at radius 3 is 1.76 bits per heavy atom. The van der Waals surface area contributed by atoms with Gasteiger partial charge < -0.3 is 5.32 Å². The maximum absolute atomic E-state index is 12.6. The van der Waals surface area contributed by atoms with Crippen LogP contribution in [0.15, 0.2) is 54.6 Å². The van der Waals surface area contributed by atoms with Crippen LogP contribution in [-0.4, -0.2) is 24.2 Å². The third-order valence-corrected chi connectivity index (χ3v) is 9.02. The van der Waals surface area contributed by atoms with Gasteiger partial charge in [-0.25, -0.2) is 0 Å². The summed E-state index contributed by atoms with van der Waals surface area (Å²) in [6.45, 7) is 3.09. The van der Waals surface area contributed by atoms with E-state index >= 15 is 0 Å². The maximum Gasteiger partial charge on any atom is 0.238 e. The maximum atomic E-state index is 12.6. The van der Waals surface area contributed by atoms with E-state index in [1.807, 2.05) is 17.8 Å². The molecule has 0 bridgehead atoms. The lowest BCUT2D eigenvalue weighted by molar-refractivity contribution is -0.122. The molecule has 210 valence electrons. The van der Waals surface area contributed by atoms with Crippen molar-refractivity contribution in [2.75, 3.05) is 12.3 Å². The molecule has 1 aliphatic rings. The zero-order chi connectivity index (χ0) is 26.7. The van der Waals surface area contributed by atoms with Crippen LogP contribution in [0.1, 0.15) is 121 Å². The third kappa shape index (κ3) is 11.9. The molecule has 0 spiro atoms. The molecule has 4 heteroatoms. The molecule has 1 aliphatic heterocycles. The fourth-order valence-electron chi connectivity index (χ4n) is 5.30. The standard InChI is InChI=1S/C34H52N2OS/c1-2-3-4-5-6-7-8-9-10-11-12-13-14-15-16-20-27-35-33(37)32-28-38-34(36-32)31-25-23-30(24-26-31)29-21-18-17-19-22-29/h17-19,21-26,32,34,36H,2-16,20,27-28H2,1H3,(H,35,37)/t32-,34?/m1/s1. The van der Waals surface area contributed by atoms with Gasteiger partial charge in [-0.05, 0) is 23.1 Å². The summed E-state index contributed by atoms with van der Waals surface area (Å²) in [4.78, 5) is 12.6.